The molecule has 1 aromatic heterocycles. The molecule has 4 aliphatic heterocycles. The van der Waals surface area contributed by atoms with Crippen LogP contribution in [0.5, 0.6) is 0 Å². The molecule has 0 bridgehead atoms. The second-order valence-electron chi connectivity index (χ2n) is 13.5. The van der Waals surface area contributed by atoms with Crippen LogP contribution in [0.25, 0.3) is 0 Å². The van der Waals surface area contributed by atoms with Gasteiger partial charge in [0.25, 0.3) is 11.5 Å². The van der Waals surface area contributed by atoms with Gasteiger partial charge >= 0.3 is 0 Å². The van der Waals surface area contributed by atoms with Crippen molar-refractivity contribution in [1.29, 1.82) is 0 Å². The molecule has 48 heavy (non-hydrogen) atoms. The van der Waals surface area contributed by atoms with Crippen molar-refractivity contribution in [3.63, 3.8) is 0 Å². The van der Waals surface area contributed by atoms with Gasteiger partial charge in [-0.3, -0.25) is 29.4 Å². The van der Waals surface area contributed by atoms with Gasteiger partial charge in [-0.15, -0.1) is 0 Å². The fourth-order valence-corrected chi connectivity index (χ4v) is 8.05. The number of hydrogen-bond acceptors (Lipinski definition) is 9. The molecule has 1 unspecified atom stereocenters. The van der Waals surface area contributed by atoms with Crippen molar-refractivity contribution in [2.45, 2.75) is 50.4 Å². The average molecular weight is 718 g/mol. The summed E-state index contributed by atoms with van der Waals surface area (Å²) in [5, 5.41) is 10.1. The quantitative estimate of drug-likeness (QED) is 0.355. The lowest BCUT2D eigenvalue weighted by molar-refractivity contribution is -0.136. The Morgan fingerprint density at radius 1 is 0.979 bits per heavy atom. The standard InChI is InChI=1S/C35H41BrN8O4/c1-40-19-24(15-26(21-40)38-29-17-37-41(2)35(48)32(29)36)23-5-3-22(4-6-23)18-42-11-13-43(14-12-42)27-7-8-28-25(16-27)20-44(34(28)47)30-9-10-31(45)39-33(30)46/h3-8,16-17,24,26,30,38H,9-15,18-21H2,1-2H3,(H,39,45,46)/t24-,26+,30?/m1/s1. The number of benzene rings is 2. The minimum Gasteiger partial charge on any atom is -0.379 e. The molecule has 3 saturated heterocycles. The first-order valence-corrected chi connectivity index (χ1v) is 17.4. The Labute approximate surface area is 288 Å². The van der Waals surface area contributed by atoms with Gasteiger partial charge < -0.3 is 20.0 Å². The van der Waals surface area contributed by atoms with E-state index in [0.717, 1.165) is 69.2 Å². The Bertz CT molecular complexity index is 1790. The highest BCUT2D eigenvalue weighted by Crippen LogP contribution is 2.32. The monoisotopic (exact) mass is 716 g/mol. The van der Waals surface area contributed by atoms with E-state index in [1.54, 1.807) is 18.1 Å². The molecule has 2 aromatic carbocycles. The van der Waals surface area contributed by atoms with Gasteiger partial charge in [0, 0.05) is 83.1 Å². The molecule has 0 aliphatic carbocycles. The molecule has 12 nitrogen and oxygen atoms in total. The Morgan fingerprint density at radius 3 is 2.50 bits per heavy atom. The van der Waals surface area contributed by atoms with Gasteiger partial charge in [0.15, 0.2) is 0 Å². The normalized spacial score (nSPS) is 23.7. The maximum Gasteiger partial charge on any atom is 0.282 e. The van der Waals surface area contributed by atoms with E-state index in [-0.39, 0.29) is 35.7 Å². The summed E-state index contributed by atoms with van der Waals surface area (Å²) in [4.78, 5) is 58.2. The number of carbonyl (C=O) groups is 3. The zero-order valence-corrected chi connectivity index (χ0v) is 28.9. The maximum atomic E-state index is 13.1. The van der Waals surface area contributed by atoms with E-state index in [1.807, 2.05) is 12.1 Å². The third kappa shape index (κ3) is 6.63. The first-order chi connectivity index (χ1) is 23.1. The number of imide groups is 1. The van der Waals surface area contributed by atoms with E-state index in [4.69, 9.17) is 0 Å². The van der Waals surface area contributed by atoms with Gasteiger partial charge in [-0.2, -0.15) is 5.10 Å². The van der Waals surface area contributed by atoms with Gasteiger partial charge in [-0.05, 0) is 76.6 Å². The van der Waals surface area contributed by atoms with Gasteiger partial charge in [-0.1, -0.05) is 24.3 Å². The summed E-state index contributed by atoms with van der Waals surface area (Å²) in [6.07, 6.45) is 3.30. The van der Waals surface area contributed by atoms with E-state index < -0.39 is 6.04 Å². The molecule has 7 rings (SSSR count). The highest BCUT2D eigenvalue weighted by atomic mass is 79.9. The smallest absolute Gasteiger partial charge is 0.282 e. The van der Waals surface area contributed by atoms with E-state index in [9.17, 15) is 19.2 Å². The number of aryl methyl sites for hydroxylation is 1. The molecule has 0 spiro atoms. The summed E-state index contributed by atoms with van der Waals surface area (Å²) in [6.45, 7) is 6.83. The Hall–Kier alpha value is -4.07. The topological polar surface area (TPSA) is 123 Å². The molecular formula is C35H41BrN8O4. The lowest BCUT2D eigenvalue weighted by atomic mass is 9.87. The number of halogens is 1. The van der Waals surface area contributed by atoms with Crippen LogP contribution in [-0.2, 0) is 29.7 Å². The maximum absolute atomic E-state index is 13.1. The van der Waals surface area contributed by atoms with Crippen LogP contribution in [0, 0.1) is 0 Å². The molecule has 3 amide bonds. The Morgan fingerprint density at radius 2 is 1.75 bits per heavy atom. The van der Waals surface area contributed by atoms with Gasteiger partial charge in [0.2, 0.25) is 11.8 Å². The number of carbonyl (C=O) groups excluding carboxylic acids is 3. The number of rotatable bonds is 7. The molecular weight excluding hydrogens is 676 g/mol. The van der Waals surface area contributed by atoms with Crippen molar-refractivity contribution in [1.82, 2.24) is 29.8 Å². The molecule has 2 N–H and O–H groups in total. The highest BCUT2D eigenvalue weighted by molar-refractivity contribution is 9.10. The molecule has 3 atom stereocenters. The summed E-state index contributed by atoms with van der Waals surface area (Å²) in [7, 11) is 3.79. The second-order valence-corrected chi connectivity index (χ2v) is 14.3. The van der Waals surface area contributed by atoms with Crippen LogP contribution < -0.4 is 21.1 Å². The van der Waals surface area contributed by atoms with Crippen molar-refractivity contribution < 1.29 is 14.4 Å². The van der Waals surface area contributed by atoms with Crippen molar-refractivity contribution in [3.8, 4) is 0 Å². The van der Waals surface area contributed by atoms with Crippen LogP contribution in [0.1, 0.15) is 52.2 Å². The third-order valence-electron chi connectivity index (χ3n) is 10.2. The number of piperidine rings is 2. The Balaban J connectivity index is 0.921. The molecule has 252 valence electrons. The summed E-state index contributed by atoms with van der Waals surface area (Å²) < 4.78 is 1.84. The highest BCUT2D eigenvalue weighted by Gasteiger charge is 2.39. The molecule has 13 heteroatoms. The SMILES string of the molecule is CN1C[C@@H](Nc2cnn(C)c(=O)c2Br)C[C@@H](c2ccc(CN3CCN(c4ccc5c(c4)CN(C4CCC(=O)NC4=O)C5=O)CC3)cc2)C1. The number of likely N-dealkylation sites (N-methyl/N-ethyl adjacent to an activating group) is 1. The molecule has 3 fully saturated rings. The van der Waals surface area contributed by atoms with Crippen molar-refractivity contribution in [2.24, 2.45) is 7.05 Å². The van der Waals surface area contributed by atoms with Crippen LogP contribution >= 0.6 is 15.9 Å². The summed E-state index contributed by atoms with van der Waals surface area (Å²) in [6, 6.07) is 14.6. The van der Waals surface area contributed by atoms with Crippen LogP contribution in [0.4, 0.5) is 11.4 Å². The van der Waals surface area contributed by atoms with Crippen LogP contribution in [0.15, 0.2) is 57.9 Å². The van der Waals surface area contributed by atoms with Crippen molar-refractivity contribution in [3.05, 3.63) is 85.7 Å². The number of anilines is 2. The van der Waals surface area contributed by atoms with Gasteiger partial charge in [-0.25, -0.2) is 4.68 Å². The van der Waals surface area contributed by atoms with Crippen LogP contribution in [-0.4, -0.2) is 101 Å². The van der Waals surface area contributed by atoms with E-state index >= 15 is 0 Å². The second kappa shape index (κ2) is 13.4. The number of nitrogens with zero attached hydrogens (tertiary/aromatic N) is 6. The molecule has 5 heterocycles. The predicted octanol–water partition coefficient (Wildman–Crippen LogP) is 2.53. The van der Waals surface area contributed by atoms with Crippen LogP contribution in [0.2, 0.25) is 0 Å². The number of nitrogens with one attached hydrogen (secondary N) is 2. The average Bonchev–Trinajstić information content (AvgIpc) is 3.40. The number of fused-ring (bicyclic) bond motifs is 1. The van der Waals surface area contributed by atoms with E-state index in [0.29, 0.717) is 28.9 Å². The first-order valence-electron chi connectivity index (χ1n) is 16.6. The van der Waals surface area contributed by atoms with Crippen molar-refractivity contribution >= 4 is 45.0 Å². The number of aromatic nitrogens is 2. The molecule has 3 aromatic rings. The molecule has 0 radical (unpaired) electrons. The lowest BCUT2D eigenvalue weighted by Gasteiger charge is -2.37. The Kier molecular flexibility index (Phi) is 9.10. The van der Waals surface area contributed by atoms with Crippen LogP contribution in [0.3, 0.4) is 0 Å². The predicted molar refractivity (Wildman–Crippen MR) is 186 cm³/mol. The van der Waals surface area contributed by atoms with Gasteiger partial charge in [0.1, 0.15) is 10.5 Å². The minimum atomic E-state index is -0.598. The summed E-state index contributed by atoms with van der Waals surface area (Å²) in [5.74, 6) is -0.414. The lowest BCUT2D eigenvalue weighted by Crippen LogP contribution is -2.52. The van der Waals surface area contributed by atoms with E-state index in [2.05, 4.69) is 83.7 Å². The van der Waals surface area contributed by atoms with Gasteiger partial charge in [0.05, 0.1) is 11.9 Å². The fraction of sp³-hybridized carbons (Fsp3) is 0.457. The number of amides is 3. The van der Waals surface area contributed by atoms with Crippen molar-refractivity contribution in [2.75, 3.05) is 56.5 Å². The minimum absolute atomic E-state index is 0.139. The third-order valence-corrected chi connectivity index (χ3v) is 10.9. The molecule has 4 aliphatic rings. The van der Waals surface area contributed by atoms with E-state index in [1.165, 1.54) is 15.8 Å². The summed E-state index contributed by atoms with van der Waals surface area (Å²) >= 11 is 3.44. The number of likely N-dealkylation sites (tertiary alicyclic amines) is 1. The number of hydrogen-bond donors (Lipinski definition) is 2. The largest absolute Gasteiger partial charge is 0.379 e. The zero-order chi connectivity index (χ0) is 33.5. The summed E-state index contributed by atoms with van der Waals surface area (Å²) in [5.41, 5.74) is 5.88. The fourth-order valence-electron chi connectivity index (χ4n) is 7.57. The molecule has 0 saturated carbocycles. The number of piperazine rings is 1. The first kappa shape index (κ1) is 32.5. The zero-order valence-electron chi connectivity index (χ0n) is 27.3.